The van der Waals surface area contributed by atoms with E-state index in [1.165, 1.54) is 23.1 Å². The number of carbonyl (C=O) groups is 1. The van der Waals surface area contributed by atoms with Crippen LogP contribution in [0.4, 0.5) is 0 Å². The molecule has 0 saturated carbocycles. The van der Waals surface area contributed by atoms with Crippen molar-refractivity contribution in [3.8, 4) is 11.1 Å². The average molecular weight is 533 g/mol. The predicted molar refractivity (Wildman–Crippen MR) is 140 cm³/mol. The van der Waals surface area contributed by atoms with Gasteiger partial charge in [-0.25, -0.2) is 18.7 Å². The van der Waals surface area contributed by atoms with E-state index in [1.54, 1.807) is 6.20 Å². The highest BCUT2D eigenvalue weighted by molar-refractivity contribution is 7.92. The molecule has 2 atom stereocenters. The highest BCUT2D eigenvalue weighted by Crippen LogP contribution is 2.29. The normalized spacial score (nSPS) is 20.8. The molecule has 2 aliphatic rings. The first-order chi connectivity index (χ1) is 17.7. The lowest BCUT2D eigenvalue weighted by molar-refractivity contribution is -0.201. The second-order valence-corrected chi connectivity index (χ2v) is 12.5. The summed E-state index contributed by atoms with van der Waals surface area (Å²) in [6, 6.07) is 11.6. The second-order valence-electron chi connectivity index (χ2n) is 10.1. The third-order valence-electron chi connectivity index (χ3n) is 7.48. The number of aromatic nitrogens is 1. The number of hydrogen-bond donors (Lipinski definition) is 1. The van der Waals surface area contributed by atoms with Gasteiger partial charge in [-0.15, -0.1) is 0 Å². The molecular formula is C27H36N2O7S. The summed E-state index contributed by atoms with van der Waals surface area (Å²) in [6.45, 7) is 3.50. The third kappa shape index (κ3) is 6.67. The Morgan fingerprint density at radius 2 is 1.81 bits per heavy atom. The quantitative estimate of drug-likeness (QED) is 0.494. The van der Waals surface area contributed by atoms with E-state index < -0.39 is 26.8 Å². The molecule has 1 unspecified atom stereocenters. The fraction of sp³-hybridized carbons (Fsp3) is 0.556. The SMILES string of the molecule is C[C@@](CCn1ccc(-c2ccc(C3CCOCC3)cc2)cc1=O)(C(=O)NOC1CCCCO1)S(C)(=O)=O. The summed E-state index contributed by atoms with van der Waals surface area (Å²) >= 11 is 0. The van der Waals surface area contributed by atoms with Crippen molar-refractivity contribution < 1.29 is 27.5 Å². The summed E-state index contributed by atoms with van der Waals surface area (Å²) in [5.41, 5.74) is 4.99. The van der Waals surface area contributed by atoms with E-state index in [2.05, 4.69) is 17.6 Å². The third-order valence-corrected chi connectivity index (χ3v) is 9.51. The van der Waals surface area contributed by atoms with E-state index in [-0.39, 0.29) is 18.5 Å². The first-order valence-corrected chi connectivity index (χ1v) is 14.7. The minimum absolute atomic E-state index is 0.0543. The van der Waals surface area contributed by atoms with Crippen LogP contribution in [0.15, 0.2) is 47.4 Å². The number of sulfone groups is 1. The molecule has 3 heterocycles. The molecule has 2 saturated heterocycles. The number of benzene rings is 1. The van der Waals surface area contributed by atoms with Gasteiger partial charge in [0.1, 0.15) is 0 Å². The maximum atomic E-state index is 12.9. The van der Waals surface area contributed by atoms with Gasteiger partial charge in [-0.2, -0.15) is 0 Å². The Kier molecular flexibility index (Phi) is 8.84. The van der Waals surface area contributed by atoms with Gasteiger partial charge in [0.25, 0.3) is 11.5 Å². The van der Waals surface area contributed by atoms with Crippen molar-refractivity contribution >= 4 is 15.7 Å². The molecule has 4 rings (SSSR count). The van der Waals surface area contributed by atoms with Crippen LogP contribution in [0, 0.1) is 0 Å². The van der Waals surface area contributed by atoms with Crippen molar-refractivity contribution in [3.05, 3.63) is 58.5 Å². The number of carbonyl (C=O) groups excluding carboxylic acids is 1. The number of rotatable bonds is 9. The van der Waals surface area contributed by atoms with Crippen LogP contribution < -0.4 is 11.0 Å². The molecule has 2 aromatic rings. The molecule has 0 aliphatic carbocycles. The van der Waals surface area contributed by atoms with E-state index in [1.807, 2.05) is 18.2 Å². The van der Waals surface area contributed by atoms with Gasteiger partial charge in [-0.3, -0.25) is 9.59 Å². The molecular weight excluding hydrogens is 496 g/mol. The predicted octanol–water partition coefficient (Wildman–Crippen LogP) is 3.18. The standard InChI is InChI=1S/C27H36N2O7S/c1-27(37(2,32)33,26(31)28-36-25-5-3-4-16-35-25)13-15-29-14-10-23(19-24(29)30)21-8-6-20(7-9-21)22-11-17-34-18-12-22/h6-10,14,19,22,25H,3-5,11-13,15-18H2,1-2H3,(H,28,31)/t25?,27-/m1/s1. The van der Waals surface area contributed by atoms with Crippen LogP contribution in [0.1, 0.15) is 56.9 Å². The Bertz CT molecular complexity index is 1230. The first kappa shape index (κ1) is 27.5. The van der Waals surface area contributed by atoms with Gasteiger partial charge in [0.2, 0.25) is 0 Å². The number of ether oxygens (including phenoxy) is 2. The number of nitrogens with zero attached hydrogens (tertiary/aromatic N) is 1. The van der Waals surface area contributed by atoms with Crippen LogP contribution >= 0.6 is 0 Å². The van der Waals surface area contributed by atoms with Crippen molar-refractivity contribution in [2.75, 3.05) is 26.1 Å². The smallest absolute Gasteiger partial charge is 0.264 e. The average Bonchev–Trinajstić information content (AvgIpc) is 2.91. The van der Waals surface area contributed by atoms with Crippen LogP contribution in [-0.2, 0) is 35.5 Å². The van der Waals surface area contributed by atoms with Crippen LogP contribution in [0.2, 0.25) is 0 Å². The fourth-order valence-electron chi connectivity index (χ4n) is 4.68. The molecule has 0 bridgehead atoms. The minimum Gasteiger partial charge on any atom is -0.381 e. The van der Waals surface area contributed by atoms with Crippen LogP contribution in [0.25, 0.3) is 11.1 Å². The topological polar surface area (TPSA) is 113 Å². The Morgan fingerprint density at radius 3 is 2.43 bits per heavy atom. The fourth-order valence-corrected chi connectivity index (χ4v) is 5.52. The lowest BCUT2D eigenvalue weighted by Gasteiger charge is -2.28. The van der Waals surface area contributed by atoms with Crippen LogP contribution in [0.3, 0.4) is 0 Å². The number of hydrogen-bond acceptors (Lipinski definition) is 7. The lowest BCUT2D eigenvalue weighted by Crippen LogP contribution is -2.51. The Labute approximate surface area is 218 Å². The van der Waals surface area contributed by atoms with E-state index >= 15 is 0 Å². The van der Waals surface area contributed by atoms with Gasteiger partial charge >= 0.3 is 0 Å². The number of hydroxylamine groups is 1. The van der Waals surface area contributed by atoms with Crippen molar-refractivity contribution in [2.24, 2.45) is 0 Å². The molecule has 37 heavy (non-hydrogen) atoms. The minimum atomic E-state index is -3.82. The van der Waals surface area contributed by atoms with Crippen molar-refractivity contribution in [2.45, 2.75) is 68.9 Å². The maximum absolute atomic E-state index is 12.9. The Morgan fingerprint density at radius 1 is 1.08 bits per heavy atom. The first-order valence-electron chi connectivity index (χ1n) is 12.8. The van der Waals surface area contributed by atoms with Gasteiger partial charge < -0.3 is 14.0 Å². The van der Waals surface area contributed by atoms with Crippen LogP contribution in [0.5, 0.6) is 0 Å². The monoisotopic (exact) mass is 532 g/mol. The Hall–Kier alpha value is -2.53. The summed E-state index contributed by atoms with van der Waals surface area (Å²) in [5.74, 6) is -0.281. The number of amides is 1. The van der Waals surface area contributed by atoms with Crippen molar-refractivity contribution in [3.63, 3.8) is 0 Å². The molecule has 1 N–H and O–H groups in total. The molecule has 0 spiro atoms. The van der Waals surface area contributed by atoms with Gasteiger partial charge in [-0.1, -0.05) is 24.3 Å². The number of nitrogens with one attached hydrogen (secondary N) is 1. The number of aryl methyl sites for hydroxylation is 1. The molecule has 0 radical (unpaired) electrons. The molecule has 2 aliphatic heterocycles. The van der Waals surface area contributed by atoms with Gasteiger partial charge in [0, 0.05) is 51.3 Å². The molecule has 10 heteroatoms. The second kappa shape index (κ2) is 11.9. The highest BCUT2D eigenvalue weighted by Gasteiger charge is 2.44. The number of pyridine rings is 1. The highest BCUT2D eigenvalue weighted by atomic mass is 32.2. The maximum Gasteiger partial charge on any atom is 0.264 e. The summed E-state index contributed by atoms with van der Waals surface area (Å²) in [6.07, 6.45) is 6.44. The zero-order chi connectivity index (χ0) is 26.5. The Balaban J connectivity index is 1.42. The van der Waals surface area contributed by atoms with Crippen molar-refractivity contribution in [1.29, 1.82) is 0 Å². The zero-order valence-electron chi connectivity index (χ0n) is 21.5. The van der Waals surface area contributed by atoms with E-state index in [0.29, 0.717) is 18.9 Å². The molecule has 1 aromatic heterocycles. The molecule has 2 fully saturated rings. The molecule has 202 valence electrons. The summed E-state index contributed by atoms with van der Waals surface area (Å²) in [5, 5.41) is 0. The zero-order valence-corrected chi connectivity index (χ0v) is 22.3. The molecule has 1 amide bonds. The summed E-state index contributed by atoms with van der Waals surface area (Å²) < 4.78 is 35.7. The van der Waals surface area contributed by atoms with Crippen molar-refractivity contribution in [1.82, 2.24) is 10.0 Å². The van der Waals surface area contributed by atoms with E-state index in [4.69, 9.17) is 14.3 Å². The van der Waals surface area contributed by atoms with Gasteiger partial charge in [-0.05, 0) is 67.7 Å². The molecule has 9 nitrogen and oxygen atoms in total. The van der Waals surface area contributed by atoms with Gasteiger partial charge in [0.15, 0.2) is 20.9 Å². The van der Waals surface area contributed by atoms with Crippen LogP contribution in [-0.4, -0.2) is 56.0 Å². The van der Waals surface area contributed by atoms with E-state index in [0.717, 1.165) is 56.3 Å². The molecule has 1 aromatic carbocycles. The lowest BCUT2D eigenvalue weighted by atomic mass is 9.90. The summed E-state index contributed by atoms with van der Waals surface area (Å²) in [4.78, 5) is 31.0. The largest absolute Gasteiger partial charge is 0.381 e. The van der Waals surface area contributed by atoms with E-state index in [9.17, 15) is 18.0 Å². The van der Waals surface area contributed by atoms with Gasteiger partial charge in [0.05, 0.1) is 0 Å². The summed E-state index contributed by atoms with van der Waals surface area (Å²) in [7, 11) is -3.82.